The summed E-state index contributed by atoms with van der Waals surface area (Å²) in [5.41, 5.74) is 18.1. The highest BCUT2D eigenvalue weighted by atomic mass is 15.3. The molecule has 0 amide bonds. The van der Waals surface area contributed by atoms with E-state index in [1.165, 1.54) is 78.1 Å². The highest BCUT2D eigenvalue weighted by molar-refractivity contribution is 5.92. The smallest absolute Gasteiger partial charge is 0.126 e. The summed E-state index contributed by atoms with van der Waals surface area (Å²) in [6.45, 7) is 14.1. The molecule has 4 aliphatic rings. The summed E-state index contributed by atoms with van der Waals surface area (Å²) in [5.74, 6) is 0. The van der Waals surface area contributed by atoms with Crippen LogP contribution in [0.15, 0.2) is 122 Å². The van der Waals surface area contributed by atoms with Gasteiger partial charge < -0.3 is 0 Å². The Balaban J connectivity index is 1.50. The van der Waals surface area contributed by atoms with Crippen molar-refractivity contribution in [1.82, 2.24) is 0 Å². The SMILES string of the molecule is CC(C)(C)c1cc2c3c(c1)C1(c4ccccc4-c4ccccc41)c1cccc4c1C3([n+]1ccccc1-2)[n+]1cc(C(C)(C)C)ccc1-4. The average molecular weight is 595 g/mol. The van der Waals surface area contributed by atoms with Gasteiger partial charge in [0.1, 0.15) is 11.1 Å². The number of hydrogen-bond acceptors (Lipinski definition) is 0. The van der Waals surface area contributed by atoms with Crippen molar-refractivity contribution in [2.24, 2.45) is 0 Å². The zero-order chi connectivity index (χ0) is 31.4. The topological polar surface area (TPSA) is 7.76 Å². The van der Waals surface area contributed by atoms with Crippen molar-refractivity contribution in [3.8, 4) is 33.6 Å². The summed E-state index contributed by atoms with van der Waals surface area (Å²) < 4.78 is 5.23. The number of pyridine rings is 2. The van der Waals surface area contributed by atoms with Gasteiger partial charge in [0.25, 0.3) is 0 Å². The first kappa shape index (κ1) is 26.4. The monoisotopic (exact) mass is 594 g/mol. The first-order valence-corrected chi connectivity index (χ1v) is 16.7. The first-order chi connectivity index (χ1) is 22.1. The number of nitrogens with zero attached hydrogens (tertiary/aromatic N) is 2. The largest absolute Gasteiger partial charge is 0.418 e. The van der Waals surface area contributed by atoms with Gasteiger partial charge in [-0.05, 0) is 74.0 Å². The van der Waals surface area contributed by atoms with Crippen LogP contribution in [-0.2, 0) is 21.9 Å². The third-order valence-corrected chi connectivity index (χ3v) is 11.4. The predicted molar refractivity (Wildman–Crippen MR) is 184 cm³/mol. The quantitative estimate of drug-likeness (QED) is 0.155. The van der Waals surface area contributed by atoms with Crippen molar-refractivity contribution >= 4 is 0 Å². The van der Waals surface area contributed by atoms with Gasteiger partial charge in [0, 0.05) is 23.8 Å². The number of aromatic nitrogens is 2. The van der Waals surface area contributed by atoms with Gasteiger partial charge in [-0.15, -0.1) is 9.13 Å². The van der Waals surface area contributed by atoms with Crippen LogP contribution in [0.4, 0.5) is 0 Å². The van der Waals surface area contributed by atoms with Gasteiger partial charge in [-0.2, -0.15) is 0 Å². The molecule has 2 nitrogen and oxygen atoms in total. The van der Waals surface area contributed by atoms with E-state index in [0.29, 0.717) is 0 Å². The fraction of sp³-hybridized carbons (Fsp3) is 0.227. The van der Waals surface area contributed by atoms with E-state index in [4.69, 9.17) is 0 Å². The molecule has 0 saturated carbocycles. The van der Waals surface area contributed by atoms with E-state index >= 15 is 0 Å². The minimum Gasteiger partial charge on any atom is -0.126 e. The molecular formula is C44H38N2+2. The van der Waals surface area contributed by atoms with Crippen LogP contribution in [0.3, 0.4) is 0 Å². The first-order valence-electron chi connectivity index (χ1n) is 16.7. The Hall–Kier alpha value is -4.82. The number of benzene rings is 4. The predicted octanol–water partition coefficient (Wildman–Crippen LogP) is 8.79. The summed E-state index contributed by atoms with van der Waals surface area (Å²) in [4.78, 5) is 0. The molecule has 46 heavy (non-hydrogen) atoms. The van der Waals surface area contributed by atoms with Crippen LogP contribution in [0.1, 0.15) is 86.1 Å². The Bertz CT molecular complexity index is 2300. The zero-order valence-electron chi connectivity index (χ0n) is 27.4. The maximum atomic E-state index is 2.64. The molecule has 2 aromatic heterocycles. The zero-order valence-corrected chi connectivity index (χ0v) is 27.4. The lowest BCUT2D eigenvalue weighted by molar-refractivity contribution is -0.955. The molecule has 0 N–H and O–H groups in total. The van der Waals surface area contributed by atoms with Crippen LogP contribution in [0, 0.1) is 0 Å². The van der Waals surface area contributed by atoms with Gasteiger partial charge in [-0.1, -0.05) is 108 Å². The number of hydrogen-bond donors (Lipinski definition) is 0. The van der Waals surface area contributed by atoms with Gasteiger partial charge in [0.05, 0.1) is 16.5 Å². The van der Waals surface area contributed by atoms with Crippen LogP contribution in [0.2, 0.25) is 0 Å². The van der Waals surface area contributed by atoms with E-state index in [-0.39, 0.29) is 10.8 Å². The summed E-state index contributed by atoms with van der Waals surface area (Å²) in [6, 6.07) is 42.1. The van der Waals surface area contributed by atoms with E-state index < -0.39 is 11.1 Å². The lowest BCUT2D eigenvalue weighted by Gasteiger charge is -2.41. The molecule has 2 spiro atoms. The molecule has 0 fully saturated rings. The molecule has 0 radical (unpaired) electrons. The van der Waals surface area contributed by atoms with Crippen molar-refractivity contribution < 1.29 is 9.13 Å². The lowest BCUT2D eigenvalue weighted by Crippen LogP contribution is -2.73. The van der Waals surface area contributed by atoms with E-state index in [0.717, 1.165) is 0 Å². The molecule has 2 heteroatoms. The fourth-order valence-corrected chi connectivity index (χ4v) is 9.46. The minimum atomic E-state index is -0.530. The molecule has 4 heterocycles. The van der Waals surface area contributed by atoms with Crippen molar-refractivity contribution in [3.63, 3.8) is 0 Å². The van der Waals surface area contributed by atoms with Crippen LogP contribution >= 0.6 is 0 Å². The van der Waals surface area contributed by atoms with Gasteiger partial charge in [-0.3, -0.25) is 0 Å². The van der Waals surface area contributed by atoms with Crippen molar-refractivity contribution in [3.05, 3.63) is 166 Å². The Morgan fingerprint density at radius 1 is 0.457 bits per heavy atom. The highest BCUT2D eigenvalue weighted by Crippen LogP contribution is 2.65. The minimum absolute atomic E-state index is 0.0139. The second-order valence-electron chi connectivity index (χ2n) is 15.8. The molecule has 4 aromatic carbocycles. The summed E-state index contributed by atoms with van der Waals surface area (Å²) >= 11 is 0. The molecule has 6 aromatic rings. The Labute approximate surface area is 271 Å². The molecule has 222 valence electrons. The molecule has 1 atom stereocenters. The average Bonchev–Trinajstić information content (AvgIpc) is 3.63. The summed E-state index contributed by atoms with van der Waals surface area (Å²) in [5, 5.41) is 0. The summed E-state index contributed by atoms with van der Waals surface area (Å²) in [6.07, 6.45) is 4.80. The van der Waals surface area contributed by atoms with Crippen molar-refractivity contribution in [1.29, 1.82) is 0 Å². The fourth-order valence-electron chi connectivity index (χ4n) is 9.46. The van der Waals surface area contributed by atoms with Gasteiger partial charge in [0.2, 0.25) is 11.4 Å². The third kappa shape index (κ3) is 2.79. The number of rotatable bonds is 0. The van der Waals surface area contributed by atoms with Crippen LogP contribution in [-0.4, -0.2) is 0 Å². The van der Waals surface area contributed by atoms with Crippen LogP contribution in [0.5, 0.6) is 0 Å². The van der Waals surface area contributed by atoms with E-state index in [2.05, 4.69) is 172 Å². The maximum Gasteiger partial charge on any atom is 0.418 e. The molecule has 2 aliphatic heterocycles. The van der Waals surface area contributed by atoms with Gasteiger partial charge in [-0.25, -0.2) is 0 Å². The Morgan fingerprint density at radius 2 is 1.04 bits per heavy atom. The van der Waals surface area contributed by atoms with E-state index in [1.807, 2.05) is 0 Å². The molecule has 1 unspecified atom stereocenters. The molecule has 0 bridgehead atoms. The van der Waals surface area contributed by atoms with Crippen LogP contribution in [0.25, 0.3) is 33.6 Å². The Morgan fingerprint density at radius 3 is 1.74 bits per heavy atom. The molecule has 2 aliphatic carbocycles. The van der Waals surface area contributed by atoms with E-state index in [1.54, 1.807) is 0 Å². The maximum absolute atomic E-state index is 2.64. The molecule has 0 saturated heterocycles. The summed E-state index contributed by atoms with van der Waals surface area (Å²) in [7, 11) is 0. The Kier molecular flexibility index (Phi) is 4.66. The molecule has 10 rings (SSSR count). The number of fused-ring (bicyclic) bond motifs is 11. The van der Waals surface area contributed by atoms with Crippen LogP contribution < -0.4 is 9.13 Å². The van der Waals surface area contributed by atoms with E-state index in [9.17, 15) is 0 Å². The standard InChI is InChI=1S/C44H38N2/c1-41(2,3)27-21-22-38-31-16-13-19-35-39(31)44(46(38)26-27)40-32(37-20-11-12-23-45(37)44)24-28(42(4,5)6)25-36(40)43(35)33-17-9-7-14-29(33)30-15-8-10-18-34(30)43/h7-26H,1-6H3/q+2. The third-order valence-electron chi connectivity index (χ3n) is 11.4. The van der Waals surface area contributed by atoms with Crippen molar-refractivity contribution in [2.75, 3.05) is 0 Å². The van der Waals surface area contributed by atoms with Gasteiger partial charge in [0.15, 0.2) is 12.4 Å². The lowest BCUT2D eigenvalue weighted by atomic mass is 9.58. The second-order valence-corrected chi connectivity index (χ2v) is 15.8. The van der Waals surface area contributed by atoms with Crippen molar-refractivity contribution in [2.45, 2.75) is 63.5 Å². The highest BCUT2D eigenvalue weighted by Gasteiger charge is 2.73. The normalized spacial score (nSPS) is 18.5. The van der Waals surface area contributed by atoms with Gasteiger partial charge >= 0.3 is 5.66 Å². The molecular weight excluding hydrogens is 556 g/mol. The second kappa shape index (κ2) is 8.12.